The molecule has 0 N–H and O–H groups in total. The van der Waals surface area contributed by atoms with Crippen molar-refractivity contribution in [1.29, 1.82) is 0 Å². The molecule has 0 saturated heterocycles. The summed E-state index contributed by atoms with van der Waals surface area (Å²) in [4.78, 5) is 0. The van der Waals surface area contributed by atoms with Crippen molar-refractivity contribution in [3.63, 3.8) is 0 Å². The Labute approximate surface area is 166 Å². The van der Waals surface area contributed by atoms with E-state index in [4.69, 9.17) is 21.1 Å². The summed E-state index contributed by atoms with van der Waals surface area (Å²) in [6, 6.07) is 15.7. The Morgan fingerprint density at radius 3 is 2.67 bits per heavy atom. The predicted molar refractivity (Wildman–Crippen MR) is 108 cm³/mol. The van der Waals surface area contributed by atoms with E-state index in [-0.39, 0.29) is 4.21 Å². The Morgan fingerprint density at radius 2 is 1.96 bits per heavy atom. The quantitative estimate of drug-likeness (QED) is 0.514. The van der Waals surface area contributed by atoms with E-state index in [9.17, 15) is 8.42 Å². The summed E-state index contributed by atoms with van der Waals surface area (Å²) in [7, 11) is -2.17. The molecule has 2 aromatic carbocycles. The number of rotatable bonds is 7. The van der Waals surface area contributed by atoms with Crippen LogP contribution in [0.4, 0.5) is 0 Å². The van der Waals surface area contributed by atoms with Crippen LogP contribution in [0.5, 0.6) is 11.5 Å². The van der Waals surface area contributed by atoms with E-state index < -0.39 is 10.0 Å². The molecule has 8 heteroatoms. The fraction of sp³-hybridized carbons (Fsp3) is 0.105. The van der Waals surface area contributed by atoms with Gasteiger partial charge in [0, 0.05) is 11.2 Å². The Hall–Kier alpha value is -2.35. The second-order valence-corrected chi connectivity index (χ2v) is 8.71. The molecule has 0 saturated carbocycles. The van der Waals surface area contributed by atoms with Gasteiger partial charge < -0.3 is 9.47 Å². The molecule has 0 aliphatic carbocycles. The van der Waals surface area contributed by atoms with E-state index in [0.29, 0.717) is 28.7 Å². The predicted octanol–water partition coefficient (Wildman–Crippen LogP) is 4.80. The van der Waals surface area contributed by atoms with Gasteiger partial charge in [0.1, 0.15) is 10.8 Å². The van der Waals surface area contributed by atoms with Gasteiger partial charge >= 0.3 is 0 Å². The molecule has 0 aliphatic heterocycles. The minimum atomic E-state index is -3.69. The highest BCUT2D eigenvalue weighted by atomic mass is 35.5. The highest BCUT2D eigenvalue weighted by Crippen LogP contribution is 2.29. The van der Waals surface area contributed by atoms with Crippen molar-refractivity contribution in [3.05, 3.63) is 76.1 Å². The van der Waals surface area contributed by atoms with E-state index in [1.54, 1.807) is 35.7 Å². The van der Waals surface area contributed by atoms with Crippen LogP contribution in [0.3, 0.4) is 0 Å². The SMILES string of the molecule is COc1cc(/C=N\S(=O)(=O)c2cccs2)ccc1OCc1cccc(Cl)c1. The van der Waals surface area contributed by atoms with E-state index in [1.165, 1.54) is 19.4 Å². The van der Waals surface area contributed by atoms with Gasteiger partial charge in [-0.3, -0.25) is 0 Å². The van der Waals surface area contributed by atoms with Crippen molar-refractivity contribution in [2.75, 3.05) is 7.11 Å². The van der Waals surface area contributed by atoms with Crippen LogP contribution in [0.15, 0.2) is 68.6 Å². The lowest BCUT2D eigenvalue weighted by molar-refractivity contribution is 0.284. The topological polar surface area (TPSA) is 65.0 Å². The van der Waals surface area contributed by atoms with E-state index >= 15 is 0 Å². The lowest BCUT2D eigenvalue weighted by Gasteiger charge is -2.11. The summed E-state index contributed by atoms with van der Waals surface area (Å²) in [5, 5.41) is 2.33. The summed E-state index contributed by atoms with van der Waals surface area (Å²) in [5.74, 6) is 1.02. The molecule has 140 valence electrons. The molecule has 3 aromatic rings. The Morgan fingerprint density at radius 1 is 1.11 bits per heavy atom. The summed E-state index contributed by atoms with van der Waals surface area (Å²) >= 11 is 7.10. The number of halogens is 1. The second-order valence-electron chi connectivity index (χ2n) is 5.47. The van der Waals surface area contributed by atoms with Crippen molar-refractivity contribution in [1.82, 2.24) is 0 Å². The molecular weight excluding hydrogens is 406 g/mol. The lowest BCUT2D eigenvalue weighted by atomic mass is 10.2. The fourth-order valence-corrected chi connectivity index (χ4v) is 4.32. The van der Waals surface area contributed by atoms with Gasteiger partial charge in [-0.05, 0) is 52.9 Å². The van der Waals surface area contributed by atoms with Crippen LogP contribution in [0, 0.1) is 0 Å². The van der Waals surface area contributed by atoms with Gasteiger partial charge in [0.2, 0.25) is 0 Å². The van der Waals surface area contributed by atoms with Gasteiger partial charge in [-0.1, -0.05) is 29.8 Å². The average Bonchev–Trinajstić information content (AvgIpc) is 3.21. The van der Waals surface area contributed by atoms with Crippen molar-refractivity contribution < 1.29 is 17.9 Å². The number of methoxy groups -OCH3 is 1. The molecule has 1 heterocycles. The number of benzene rings is 2. The zero-order valence-electron chi connectivity index (χ0n) is 14.3. The van der Waals surface area contributed by atoms with Gasteiger partial charge in [0.15, 0.2) is 11.5 Å². The molecule has 0 amide bonds. The molecular formula is C19H16ClNO4S2. The molecule has 3 rings (SSSR count). The van der Waals surface area contributed by atoms with E-state index in [1.807, 2.05) is 18.2 Å². The molecule has 27 heavy (non-hydrogen) atoms. The number of thiophene rings is 1. The first-order valence-electron chi connectivity index (χ1n) is 7.87. The largest absolute Gasteiger partial charge is 0.493 e. The standard InChI is InChI=1S/C19H16ClNO4S2/c1-24-18-11-14(12-21-27(22,23)19-6-3-9-26-19)7-8-17(18)25-13-15-4-2-5-16(20)10-15/h2-12H,13H2,1H3/b21-12-. The minimum Gasteiger partial charge on any atom is -0.493 e. The maximum Gasteiger partial charge on any atom is 0.291 e. The highest BCUT2D eigenvalue weighted by Gasteiger charge is 2.13. The van der Waals surface area contributed by atoms with Gasteiger partial charge in [0.05, 0.1) is 7.11 Å². The lowest BCUT2D eigenvalue weighted by Crippen LogP contribution is -1.99. The first-order chi connectivity index (χ1) is 13.0. The van der Waals surface area contributed by atoms with E-state index in [2.05, 4.69) is 4.40 Å². The van der Waals surface area contributed by atoms with Crippen molar-refractivity contribution in [2.45, 2.75) is 10.8 Å². The third-order valence-electron chi connectivity index (χ3n) is 3.56. The normalized spacial score (nSPS) is 11.6. The molecule has 5 nitrogen and oxygen atoms in total. The summed E-state index contributed by atoms with van der Waals surface area (Å²) in [5.41, 5.74) is 1.51. The van der Waals surface area contributed by atoms with Gasteiger partial charge in [0.25, 0.3) is 10.0 Å². The van der Waals surface area contributed by atoms with Crippen LogP contribution in [-0.2, 0) is 16.6 Å². The van der Waals surface area contributed by atoms with Crippen molar-refractivity contribution in [3.8, 4) is 11.5 Å². The Balaban J connectivity index is 1.75. The number of hydrogen-bond acceptors (Lipinski definition) is 5. The number of hydrogen-bond donors (Lipinski definition) is 0. The first kappa shape index (κ1) is 19.4. The number of nitrogens with zero attached hydrogens (tertiary/aromatic N) is 1. The van der Waals surface area contributed by atoms with Crippen LogP contribution in [0.2, 0.25) is 5.02 Å². The van der Waals surface area contributed by atoms with Crippen molar-refractivity contribution >= 4 is 39.2 Å². The summed E-state index contributed by atoms with van der Waals surface area (Å²) in [6.07, 6.45) is 1.29. The third-order valence-corrected chi connectivity index (χ3v) is 6.41. The fourth-order valence-electron chi connectivity index (χ4n) is 2.26. The summed E-state index contributed by atoms with van der Waals surface area (Å²) < 4.78 is 39.3. The minimum absolute atomic E-state index is 0.201. The van der Waals surface area contributed by atoms with Crippen LogP contribution >= 0.6 is 22.9 Å². The van der Waals surface area contributed by atoms with Gasteiger partial charge in [-0.2, -0.15) is 12.8 Å². The molecule has 1 aromatic heterocycles. The van der Waals surface area contributed by atoms with Crippen molar-refractivity contribution in [2.24, 2.45) is 4.40 Å². The van der Waals surface area contributed by atoms with Crippen LogP contribution in [0.1, 0.15) is 11.1 Å². The zero-order valence-corrected chi connectivity index (χ0v) is 16.7. The first-order valence-corrected chi connectivity index (χ1v) is 10.6. The molecule has 0 aliphatic rings. The van der Waals surface area contributed by atoms with Crippen LogP contribution < -0.4 is 9.47 Å². The van der Waals surface area contributed by atoms with Crippen LogP contribution in [0.25, 0.3) is 0 Å². The molecule has 0 spiro atoms. The average molecular weight is 422 g/mol. The molecule has 0 atom stereocenters. The smallest absolute Gasteiger partial charge is 0.291 e. The highest BCUT2D eigenvalue weighted by molar-refractivity contribution is 7.92. The molecule has 0 unspecified atom stereocenters. The number of sulfonamides is 1. The third kappa shape index (κ3) is 5.09. The zero-order chi connectivity index (χ0) is 19.3. The van der Waals surface area contributed by atoms with Gasteiger partial charge in [-0.25, -0.2) is 0 Å². The van der Waals surface area contributed by atoms with Gasteiger partial charge in [-0.15, -0.1) is 11.3 Å². The van der Waals surface area contributed by atoms with Crippen LogP contribution in [-0.4, -0.2) is 21.7 Å². The Bertz CT molecular complexity index is 1050. The Kier molecular flexibility index (Phi) is 6.15. The van der Waals surface area contributed by atoms with E-state index in [0.717, 1.165) is 16.9 Å². The summed E-state index contributed by atoms with van der Waals surface area (Å²) in [6.45, 7) is 0.330. The monoisotopic (exact) mass is 421 g/mol. The maximum atomic E-state index is 12.1. The second kappa shape index (κ2) is 8.56. The number of ether oxygens (including phenoxy) is 2. The molecule has 0 radical (unpaired) electrons. The molecule has 0 bridgehead atoms. The molecule has 0 fully saturated rings. The maximum absolute atomic E-state index is 12.1.